The van der Waals surface area contributed by atoms with Gasteiger partial charge in [-0.3, -0.25) is 4.79 Å². The van der Waals surface area contributed by atoms with E-state index in [2.05, 4.69) is 49.2 Å². The molecule has 32 heavy (non-hydrogen) atoms. The van der Waals surface area contributed by atoms with Crippen LogP contribution in [0.4, 0.5) is 5.69 Å². The summed E-state index contributed by atoms with van der Waals surface area (Å²) < 4.78 is 12.0. The highest BCUT2D eigenvalue weighted by molar-refractivity contribution is 5.78. The zero-order chi connectivity index (χ0) is 22.7. The lowest BCUT2D eigenvalue weighted by Gasteiger charge is -2.53. The normalized spacial score (nSPS) is 35.8. The summed E-state index contributed by atoms with van der Waals surface area (Å²) in [5.74, 6) is 1.32. The van der Waals surface area contributed by atoms with Crippen LogP contribution in [0.3, 0.4) is 0 Å². The smallest absolute Gasteiger partial charge is 0.222 e. The molecule has 2 saturated heterocycles. The van der Waals surface area contributed by atoms with Crippen LogP contribution < -0.4 is 10.2 Å². The van der Waals surface area contributed by atoms with Gasteiger partial charge in [0.25, 0.3) is 0 Å². The fourth-order valence-corrected chi connectivity index (χ4v) is 7.40. The molecular weight excluding hydrogens is 400 g/mol. The first-order chi connectivity index (χ1) is 15.2. The summed E-state index contributed by atoms with van der Waals surface area (Å²) in [5.41, 5.74) is 4.23. The van der Waals surface area contributed by atoms with Gasteiger partial charge in [-0.25, -0.2) is 0 Å². The summed E-state index contributed by atoms with van der Waals surface area (Å²) in [6, 6.07) is 7.14. The summed E-state index contributed by atoms with van der Waals surface area (Å²) in [5, 5.41) is 3.52. The van der Waals surface area contributed by atoms with Crippen molar-refractivity contribution >= 4 is 11.6 Å². The number of carbonyl (C=O) groups excluding carboxylic acids is 1. The molecule has 1 amide bonds. The number of amides is 1. The van der Waals surface area contributed by atoms with Crippen LogP contribution in [0, 0.1) is 35.5 Å². The lowest BCUT2D eigenvalue weighted by molar-refractivity contribution is -0.139. The van der Waals surface area contributed by atoms with Gasteiger partial charge in [0.2, 0.25) is 5.91 Å². The van der Waals surface area contributed by atoms with Crippen molar-refractivity contribution in [2.75, 3.05) is 37.8 Å². The molecule has 2 saturated carbocycles. The van der Waals surface area contributed by atoms with Crippen LogP contribution in [-0.4, -0.2) is 44.9 Å². The zero-order valence-corrected chi connectivity index (χ0v) is 20.4. The van der Waals surface area contributed by atoms with Crippen molar-refractivity contribution in [3.63, 3.8) is 0 Å². The fourth-order valence-electron chi connectivity index (χ4n) is 7.40. The molecule has 2 aliphatic carbocycles. The van der Waals surface area contributed by atoms with Crippen molar-refractivity contribution in [1.29, 1.82) is 0 Å². The largest absolute Gasteiger partial charge is 0.378 e. The molecule has 4 fully saturated rings. The Morgan fingerprint density at radius 3 is 2.62 bits per heavy atom. The summed E-state index contributed by atoms with van der Waals surface area (Å²) in [4.78, 5) is 15.2. The predicted molar refractivity (Wildman–Crippen MR) is 127 cm³/mol. The molecule has 5 heteroatoms. The number of morpholine rings is 1. The average molecular weight is 441 g/mol. The van der Waals surface area contributed by atoms with E-state index in [4.69, 9.17) is 9.47 Å². The van der Waals surface area contributed by atoms with E-state index in [-0.39, 0.29) is 34.8 Å². The average Bonchev–Trinajstić information content (AvgIpc) is 3.26. The molecule has 1 N–H and O–H groups in total. The molecule has 1 unspecified atom stereocenters. The maximum atomic E-state index is 12.8. The van der Waals surface area contributed by atoms with Crippen molar-refractivity contribution in [2.24, 2.45) is 28.6 Å². The molecule has 5 nitrogen and oxygen atoms in total. The fraction of sp³-hybridized carbons (Fsp3) is 0.741. The third kappa shape index (κ3) is 3.38. The number of carbonyl (C=O) groups is 1. The van der Waals surface area contributed by atoms with E-state index in [1.807, 2.05) is 13.8 Å². The highest BCUT2D eigenvalue weighted by atomic mass is 16.5. The summed E-state index contributed by atoms with van der Waals surface area (Å²) in [7, 11) is 0. The standard InChI is InChI=1S/C27H40N2O3/c1-17(2)24(30)28-25-26(4,5)19-15-22-23(32-11-8-27(22,25)16-19)21-7-6-20(14-18(21)3)29-9-12-31-13-10-29/h6-7,14,17,19,22-23,25H,8-13,15-16H2,1-5H3,(H,28,30)/t19-,22-,23-,25+,27?/m1/s1. The second kappa shape index (κ2) is 8.02. The van der Waals surface area contributed by atoms with Gasteiger partial charge >= 0.3 is 0 Å². The van der Waals surface area contributed by atoms with Gasteiger partial charge in [-0.05, 0) is 72.1 Å². The van der Waals surface area contributed by atoms with E-state index in [1.54, 1.807) is 0 Å². The highest BCUT2D eigenvalue weighted by Gasteiger charge is 2.68. The molecule has 4 aliphatic rings. The topological polar surface area (TPSA) is 50.8 Å². The van der Waals surface area contributed by atoms with Gasteiger partial charge in [0.15, 0.2) is 0 Å². The van der Waals surface area contributed by atoms with E-state index in [0.717, 1.165) is 39.3 Å². The Hall–Kier alpha value is -1.59. The second-order valence-corrected chi connectivity index (χ2v) is 11.6. The van der Waals surface area contributed by atoms with Gasteiger partial charge in [-0.1, -0.05) is 33.8 Å². The van der Waals surface area contributed by atoms with Gasteiger partial charge in [-0.2, -0.15) is 0 Å². The van der Waals surface area contributed by atoms with Crippen LogP contribution in [0.1, 0.15) is 64.2 Å². The minimum absolute atomic E-state index is 0.0189. The summed E-state index contributed by atoms with van der Waals surface area (Å²) in [6.45, 7) is 15.3. The zero-order valence-electron chi connectivity index (χ0n) is 20.4. The van der Waals surface area contributed by atoms with Crippen molar-refractivity contribution in [3.05, 3.63) is 29.3 Å². The van der Waals surface area contributed by atoms with Crippen LogP contribution in [0.5, 0.6) is 0 Å². The predicted octanol–water partition coefficient (Wildman–Crippen LogP) is 4.49. The van der Waals surface area contributed by atoms with Crippen LogP contribution in [-0.2, 0) is 14.3 Å². The number of fused-ring (bicyclic) bond motifs is 1. The lowest BCUT2D eigenvalue weighted by Crippen LogP contribution is -2.59. The van der Waals surface area contributed by atoms with Crippen LogP contribution >= 0.6 is 0 Å². The van der Waals surface area contributed by atoms with E-state index < -0.39 is 0 Å². The minimum atomic E-state index is 0.0189. The highest BCUT2D eigenvalue weighted by Crippen LogP contribution is 2.70. The second-order valence-electron chi connectivity index (χ2n) is 11.6. The molecule has 5 atom stereocenters. The van der Waals surface area contributed by atoms with Gasteiger partial charge in [-0.15, -0.1) is 0 Å². The molecule has 5 rings (SSSR count). The van der Waals surface area contributed by atoms with Crippen LogP contribution in [0.2, 0.25) is 0 Å². The third-order valence-corrected chi connectivity index (χ3v) is 9.25. The molecule has 1 aromatic carbocycles. The van der Waals surface area contributed by atoms with Gasteiger partial charge in [0.05, 0.1) is 19.3 Å². The Labute approximate surface area is 193 Å². The van der Waals surface area contributed by atoms with Crippen molar-refractivity contribution in [3.8, 4) is 0 Å². The minimum Gasteiger partial charge on any atom is -0.378 e. The number of anilines is 1. The maximum absolute atomic E-state index is 12.8. The number of benzene rings is 1. The van der Waals surface area contributed by atoms with E-state index in [1.165, 1.54) is 29.7 Å². The Balaban J connectivity index is 1.44. The molecule has 176 valence electrons. The number of aryl methyl sites for hydroxylation is 1. The van der Waals surface area contributed by atoms with E-state index in [9.17, 15) is 4.79 Å². The van der Waals surface area contributed by atoms with Gasteiger partial charge in [0, 0.05) is 37.3 Å². The number of nitrogens with one attached hydrogen (secondary N) is 1. The Kier molecular flexibility index (Phi) is 5.57. The van der Waals surface area contributed by atoms with Gasteiger partial charge < -0.3 is 19.7 Å². The molecule has 2 heterocycles. The monoisotopic (exact) mass is 440 g/mol. The SMILES string of the molecule is Cc1cc(N2CCOCC2)ccc1[C@H]1OCCC23C[C@@H](C[C@H]12)C(C)(C)[C@@H]3NC(=O)C(C)C. The summed E-state index contributed by atoms with van der Waals surface area (Å²) in [6.07, 6.45) is 3.61. The molecule has 1 aromatic rings. The molecule has 0 aromatic heterocycles. The first-order valence-corrected chi connectivity index (χ1v) is 12.6. The van der Waals surface area contributed by atoms with Crippen molar-refractivity contribution in [2.45, 2.75) is 66.0 Å². The number of rotatable bonds is 4. The van der Waals surface area contributed by atoms with E-state index in [0.29, 0.717) is 11.8 Å². The number of nitrogens with zero attached hydrogens (tertiary/aromatic N) is 1. The third-order valence-electron chi connectivity index (χ3n) is 9.25. The quantitative estimate of drug-likeness (QED) is 0.750. The molecule has 1 spiro atoms. The number of ether oxygens (including phenoxy) is 2. The Morgan fingerprint density at radius 2 is 1.94 bits per heavy atom. The number of hydrogen-bond donors (Lipinski definition) is 1. The molecule has 2 aliphatic heterocycles. The maximum Gasteiger partial charge on any atom is 0.222 e. The lowest BCUT2D eigenvalue weighted by atomic mass is 9.58. The molecular formula is C27H40N2O3. The first kappa shape index (κ1) is 22.2. The van der Waals surface area contributed by atoms with Crippen LogP contribution in [0.15, 0.2) is 18.2 Å². The van der Waals surface area contributed by atoms with Crippen LogP contribution in [0.25, 0.3) is 0 Å². The summed E-state index contributed by atoms with van der Waals surface area (Å²) >= 11 is 0. The van der Waals surface area contributed by atoms with Crippen molar-refractivity contribution < 1.29 is 14.3 Å². The molecule has 2 bridgehead atoms. The first-order valence-electron chi connectivity index (χ1n) is 12.6. The Bertz CT molecular complexity index is 876. The van der Waals surface area contributed by atoms with Gasteiger partial charge in [0.1, 0.15) is 0 Å². The van der Waals surface area contributed by atoms with Crippen molar-refractivity contribution in [1.82, 2.24) is 5.32 Å². The molecule has 0 radical (unpaired) electrons. The van der Waals surface area contributed by atoms with E-state index >= 15 is 0 Å². The number of hydrogen-bond acceptors (Lipinski definition) is 4. The Morgan fingerprint density at radius 1 is 1.19 bits per heavy atom.